The quantitative estimate of drug-likeness (QED) is 0.719. The number of aryl methyl sites for hydroxylation is 1. The van der Waals surface area contributed by atoms with Crippen LogP contribution in [0.2, 0.25) is 0 Å². The van der Waals surface area contributed by atoms with Gasteiger partial charge >= 0.3 is 5.97 Å². The summed E-state index contributed by atoms with van der Waals surface area (Å²) in [7, 11) is 0. The summed E-state index contributed by atoms with van der Waals surface area (Å²) in [4.78, 5) is 24.1. The molecule has 2 atom stereocenters. The van der Waals surface area contributed by atoms with Crippen molar-refractivity contribution < 1.29 is 28.2 Å². The number of carbonyl (C=O) groups excluding carboxylic acids is 1. The van der Waals surface area contributed by atoms with E-state index in [1.807, 2.05) is 0 Å². The average Bonchev–Trinajstić information content (AvgIpc) is 2.94. The van der Waals surface area contributed by atoms with Crippen molar-refractivity contribution in [2.45, 2.75) is 33.4 Å². The summed E-state index contributed by atoms with van der Waals surface area (Å²) in [5.74, 6) is -4.51. The Morgan fingerprint density at radius 1 is 1.24 bits per heavy atom. The Morgan fingerprint density at radius 2 is 1.93 bits per heavy atom. The third kappa shape index (κ3) is 4.44. The van der Waals surface area contributed by atoms with Crippen molar-refractivity contribution >= 4 is 17.6 Å². The molecule has 154 valence electrons. The van der Waals surface area contributed by atoms with Crippen LogP contribution in [0.3, 0.4) is 0 Å². The van der Waals surface area contributed by atoms with Crippen LogP contribution in [-0.2, 0) is 16.3 Å². The lowest BCUT2D eigenvalue weighted by Gasteiger charge is -2.24. The number of aromatic nitrogens is 2. The molecule has 0 spiro atoms. The van der Waals surface area contributed by atoms with Gasteiger partial charge in [0.05, 0.1) is 28.9 Å². The first-order chi connectivity index (χ1) is 13.8. The molecule has 1 aromatic heterocycles. The predicted molar refractivity (Wildman–Crippen MR) is 100 cm³/mol. The number of aliphatic carboxylic acids is 1. The zero-order valence-corrected chi connectivity index (χ0v) is 16.0. The van der Waals surface area contributed by atoms with E-state index < -0.39 is 35.3 Å². The minimum atomic E-state index is -1.01. The van der Waals surface area contributed by atoms with Gasteiger partial charge in [-0.25, -0.2) is 13.5 Å². The van der Waals surface area contributed by atoms with Crippen LogP contribution in [-0.4, -0.2) is 26.8 Å². The van der Waals surface area contributed by atoms with Gasteiger partial charge in [0, 0.05) is 6.07 Å². The highest BCUT2D eigenvalue weighted by Gasteiger charge is 2.34. The van der Waals surface area contributed by atoms with Gasteiger partial charge in [-0.05, 0) is 38.8 Å². The van der Waals surface area contributed by atoms with Gasteiger partial charge in [0.15, 0.2) is 18.3 Å². The molecule has 0 saturated heterocycles. The molecule has 3 rings (SSSR count). The molecule has 1 aliphatic rings. The van der Waals surface area contributed by atoms with Crippen molar-refractivity contribution in [3.05, 3.63) is 53.4 Å². The number of ether oxygens (including phenoxy) is 1. The normalized spacial score (nSPS) is 18.5. The van der Waals surface area contributed by atoms with E-state index in [9.17, 15) is 23.5 Å². The molecule has 0 aliphatic heterocycles. The molecule has 0 radical (unpaired) electrons. The Kier molecular flexibility index (Phi) is 5.95. The lowest BCUT2D eigenvalue weighted by molar-refractivity contribution is -0.146. The fraction of sp³-hybridized carbons (Fsp3) is 0.350. The number of nitrogens with zero attached hydrogens (tertiary/aromatic N) is 2. The standard InChI is InChI=1S/C20H21F2N3O4/c1-11-18(23-19(26)14-5-3-4-6-15(14)20(27)28)12(2)25(24-11)10-29-17-8-7-13(21)9-16(17)22/h3-4,7-9,14-15H,5-6,10H2,1-2H3,(H,23,26)(H,27,28)/t14-,15-/m0/s1. The van der Waals surface area contributed by atoms with Crippen molar-refractivity contribution in [1.29, 1.82) is 0 Å². The van der Waals surface area contributed by atoms with Crippen molar-refractivity contribution in [1.82, 2.24) is 9.78 Å². The maximum absolute atomic E-state index is 13.7. The third-order valence-electron chi connectivity index (χ3n) is 4.95. The highest BCUT2D eigenvalue weighted by molar-refractivity contribution is 5.96. The molecule has 1 heterocycles. The molecule has 1 amide bonds. The number of rotatable bonds is 6. The summed E-state index contributed by atoms with van der Waals surface area (Å²) >= 11 is 0. The minimum Gasteiger partial charge on any atom is -0.481 e. The second-order valence-corrected chi connectivity index (χ2v) is 6.88. The van der Waals surface area contributed by atoms with Crippen LogP contribution >= 0.6 is 0 Å². The lowest BCUT2D eigenvalue weighted by Crippen LogP contribution is -2.35. The number of allylic oxidation sites excluding steroid dienone is 2. The summed E-state index contributed by atoms with van der Waals surface area (Å²) in [5.41, 5.74) is 1.53. The van der Waals surface area contributed by atoms with E-state index in [1.54, 1.807) is 26.0 Å². The average molecular weight is 405 g/mol. The molecule has 7 nitrogen and oxygen atoms in total. The number of carboxylic acids is 1. The summed E-state index contributed by atoms with van der Waals surface area (Å²) in [6.07, 6.45) is 4.23. The van der Waals surface area contributed by atoms with Gasteiger partial charge in [0.1, 0.15) is 5.82 Å². The summed E-state index contributed by atoms with van der Waals surface area (Å²) < 4.78 is 33.5. The molecule has 0 unspecified atom stereocenters. The van der Waals surface area contributed by atoms with E-state index in [0.717, 1.165) is 12.1 Å². The second kappa shape index (κ2) is 8.42. The van der Waals surface area contributed by atoms with Crippen LogP contribution in [0.5, 0.6) is 5.75 Å². The van der Waals surface area contributed by atoms with Crippen molar-refractivity contribution in [3.8, 4) is 5.75 Å². The number of carbonyl (C=O) groups is 2. The maximum atomic E-state index is 13.7. The molecule has 0 bridgehead atoms. The highest BCUT2D eigenvalue weighted by Crippen LogP contribution is 2.29. The number of anilines is 1. The molecular weight excluding hydrogens is 384 g/mol. The molecule has 2 aromatic rings. The van der Waals surface area contributed by atoms with Gasteiger partial charge in [0.25, 0.3) is 0 Å². The molecule has 0 saturated carbocycles. The first-order valence-corrected chi connectivity index (χ1v) is 9.08. The van der Waals surface area contributed by atoms with Crippen molar-refractivity contribution in [3.63, 3.8) is 0 Å². The smallest absolute Gasteiger partial charge is 0.307 e. The topological polar surface area (TPSA) is 93.5 Å². The van der Waals surface area contributed by atoms with Crippen molar-refractivity contribution in [2.24, 2.45) is 11.8 Å². The van der Waals surface area contributed by atoms with Gasteiger partial charge in [-0.2, -0.15) is 5.10 Å². The molecular formula is C20H21F2N3O4. The fourth-order valence-corrected chi connectivity index (χ4v) is 3.32. The largest absolute Gasteiger partial charge is 0.481 e. The van der Waals surface area contributed by atoms with Gasteiger partial charge in [-0.15, -0.1) is 0 Å². The first-order valence-electron chi connectivity index (χ1n) is 9.08. The number of hydrogen-bond donors (Lipinski definition) is 2. The van der Waals surface area contributed by atoms with Crippen LogP contribution in [0.1, 0.15) is 24.2 Å². The van der Waals surface area contributed by atoms with E-state index in [4.69, 9.17) is 4.74 Å². The van der Waals surface area contributed by atoms with Crippen molar-refractivity contribution in [2.75, 3.05) is 5.32 Å². The third-order valence-corrected chi connectivity index (χ3v) is 4.95. The SMILES string of the molecule is Cc1nn(COc2ccc(F)cc2F)c(C)c1NC(=O)[C@H]1CC=CC[C@@H]1C(=O)O. The number of carboxylic acid groups (broad SMARTS) is 1. The summed E-state index contributed by atoms with van der Waals surface area (Å²) in [6.45, 7) is 3.25. The Hall–Kier alpha value is -3.23. The Bertz CT molecular complexity index is 971. The number of halogens is 2. The Labute approximate surface area is 166 Å². The molecule has 0 fully saturated rings. The maximum Gasteiger partial charge on any atom is 0.307 e. The molecule has 29 heavy (non-hydrogen) atoms. The zero-order chi connectivity index (χ0) is 21.1. The van der Waals surface area contributed by atoms with Gasteiger partial charge < -0.3 is 15.2 Å². The van der Waals surface area contributed by atoms with Crippen LogP contribution in [0.15, 0.2) is 30.4 Å². The number of nitrogens with one attached hydrogen (secondary N) is 1. The second-order valence-electron chi connectivity index (χ2n) is 6.88. The molecule has 1 aliphatic carbocycles. The number of amides is 1. The van der Waals surface area contributed by atoms with Gasteiger partial charge in [-0.3, -0.25) is 9.59 Å². The Balaban J connectivity index is 1.72. The van der Waals surface area contributed by atoms with E-state index in [2.05, 4.69) is 10.4 Å². The van der Waals surface area contributed by atoms with Crippen LogP contribution in [0, 0.1) is 37.3 Å². The number of benzene rings is 1. The van der Waals surface area contributed by atoms with Crippen LogP contribution in [0.25, 0.3) is 0 Å². The van der Waals surface area contributed by atoms with E-state index in [-0.39, 0.29) is 12.5 Å². The van der Waals surface area contributed by atoms with E-state index in [0.29, 0.717) is 29.9 Å². The minimum absolute atomic E-state index is 0.122. The van der Waals surface area contributed by atoms with E-state index >= 15 is 0 Å². The molecule has 2 N–H and O–H groups in total. The summed E-state index contributed by atoms with van der Waals surface area (Å²) in [6, 6.07) is 2.99. The lowest BCUT2D eigenvalue weighted by atomic mass is 9.82. The highest BCUT2D eigenvalue weighted by atomic mass is 19.1. The van der Waals surface area contributed by atoms with Crippen LogP contribution < -0.4 is 10.1 Å². The Morgan fingerprint density at radius 3 is 2.59 bits per heavy atom. The monoisotopic (exact) mass is 405 g/mol. The van der Waals surface area contributed by atoms with E-state index in [1.165, 1.54) is 10.7 Å². The number of hydrogen-bond acceptors (Lipinski definition) is 4. The van der Waals surface area contributed by atoms with Gasteiger partial charge in [-0.1, -0.05) is 12.2 Å². The first kappa shape index (κ1) is 20.5. The zero-order valence-electron chi connectivity index (χ0n) is 16.0. The summed E-state index contributed by atoms with van der Waals surface area (Å²) in [5, 5.41) is 16.4. The van der Waals surface area contributed by atoms with Gasteiger partial charge in [0.2, 0.25) is 5.91 Å². The molecule has 9 heteroatoms. The molecule has 1 aromatic carbocycles. The van der Waals surface area contributed by atoms with Crippen LogP contribution in [0.4, 0.5) is 14.5 Å². The fourth-order valence-electron chi connectivity index (χ4n) is 3.32. The predicted octanol–water partition coefficient (Wildman–Crippen LogP) is 3.42.